The minimum Gasteiger partial charge on any atom is -0.406 e. The van der Waals surface area contributed by atoms with Crippen molar-refractivity contribution in [3.63, 3.8) is 0 Å². The minimum atomic E-state index is -4.76. The van der Waals surface area contributed by atoms with E-state index in [2.05, 4.69) is 47.5 Å². The molecular formula is C34H28F4O. The summed E-state index contributed by atoms with van der Waals surface area (Å²) in [6, 6.07) is 22.1. The van der Waals surface area contributed by atoms with Crippen molar-refractivity contribution in [2.45, 2.75) is 51.8 Å². The van der Waals surface area contributed by atoms with Crippen LogP contribution < -0.4 is 4.74 Å². The smallest absolute Gasteiger partial charge is 0.406 e. The second-order valence-electron chi connectivity index (χ2n) is 9.30. The normalized spacial score (nSPS) is 10.9. The molecule has 0 radical (unpaired) electrons. The molecule has 0 aliphatic heterocycles. The van der Waals surface area contributed by atoms with E-state index in [1.165, 1.54) is 61.9 Å². The fourth-order valence-corrected chi connectivity index (χ4v) is 4.18. The molecule has 1 nitrogen and oxygen atoms in total. The second-order valence-corrected chi connectivity index (χ2v) is 9.30. The number of hydrogen-bond acceptors (Lipinski definition) is 1. The number of hydrogen-bond donors (Lipinski definition) is 0. The number of halogens is 4. The predicted octanol–water partition coefficient (Wildman–Crippen LogP) is 9.19. The Labute approximate surface area is 226 Å². The van der Waals surface area contributed by atoms with E-state index >= 15 is 4.39 Å². The van der Waals surface area contributed by atoms with Crippen molar-refractivity contribution in [3.8, 4) is 29.4 Å². The number of rotatable bonds is 7. The van der Waals surface area contributed by atoms with Gasteiger partial charge in [-0.05, 0) is 78.4 Å². The largest absolute Gasteiger partial charge is 0.573 e. The molecule has 0 spiro atoms. The lowest BCUT2D eigenvalue weighted by Crippen LogP contribution is -2.16. The molecule has 0 N–H and O–H groups in total. The van der Waals surface area contributed by atoms with Crippen molar-refractivity contribution < 1.29 is 22.3 Å². The quantitative estimate of drug-likeness (QED) is 0.132. The summed E-state index contributed by atoms with van der Waals surface area (Å²) in [6.45, 7) is 2.22. The van der Waals surface area contributed by atoms with E-state index in [0.717, 1.165) is 17.5 Å². The molecule has 0 saturated carbocycles. The molecule has 0 aliphatic rings. The number of unbranched alkanes of at least 4 members (excludes halogenated alkanes) is 4. The number of fused-ring (bicyclic) bond motifs is 1. The molecule has 39 heavy (non-hydrogen) atoms. The second kappa shape index (κ2) is 13.0. The zero-order chi connectivity index (χ0) is 27.7. The minimum absolute atomic E-state index is 0.197. The van der Waals surface area contributed by atoms with E-state index in [0.29, 0.717) is 16.3 Å². The van der Waals surface area contributed by atoms with Gasteiger partial charge in [-0.2, -0.15) is 0 Å². The molecule has 4 aromatic rings. The van der Waals surface area contributed by atoms with Crippen LogP contribution in [-0.4, -0.2) is 6.36 Å². The zero-order valence-electron chi connectivity index (χ0n) is 21.7. The van der Waals surface area contributed by atoms with Crippen molar-refractivity contribution >= 4 is 10.8 Å². The van der Waals surface area contributed by atoms with Crippen LogP contribution in [0.2, 0.25) is 0 Å². The molecule has 0 amide bonds. The summed E-state index contributed by atoms with van der Waals surface area (Å²) >= 11 is 0. The molecule has 0 fully saturated rings. The third-order valence-corrected chi connectivity index (χ3v) is 6.26. The van der Waals surface area contributed by atoms with Crippen LogP contribution in [0.1, 0.15) is 66.8 Å². The van der Waals surface area contributed by atoms with Gasteiger partial charge in [-0.1, -0.05) is 80.6 Å². The Morgan fingerprint density at radius 3 is 1.97 bits per heavy atom. The summed E-state index contributed by atoms with van der Waals surface area (Å²) in [6.07, 6.45) is 2.66. The highest BCUT2D eigenvalue weighted by Crippen LogP contribution is 2.24. The zero-order valence-corrected chi connectivity index (χ0v) is 21.7. The van der Waals surface area contributed by atoms with Crippen molar-refractivity contribution in [1.82, 2.24) is 0 Å². The summed E-state index contributed by atoms with van der Waals surface area (Å²) in [5.41, 5.74) is 3.67. The molecule has 0 aromatic heterocycles. The van der Waals surface area contributed by atoms with Crippen molar-refractivity contribution in [1.29, 1.82) is 0 Å². The topological polar surface area (TPSA) is 9.23 Å². The molecule has 0 bridgehead atoms. The Balaban J connectivity index is 1.42. The highest BCUT2D eigenvalue weighted by atomic mass is 19.4. The molecule has 0 unspecified atom stereocenters. The summed E-state index contributed by atoms with van der Waals surface area (Å²) in [5, 5.41) is 1.13. The first-order valence-corrected chi connectivity index (χ1v) is 13.0. The third kappa shape index (κ3) is 8.39. The molecule has 0 aliphatic carbocycles. The SMILES string of the molecule is CCCCCCCc1ccc(C#Cc2ccc3c(F)c(C#Cc4ccc(OC(F)(F)F)cc4)ccc3c2)cc1. The molecule has 198 valence electrons. The van der Waals surface area contributed by atoms with Crippen LogP contribution in [0.25, 0.3) is 10.8 Å². The van der Waals surface area contributed by atoms with Crippen LogP contribution in [0.5, 0.6) is 5.75 Å². The van der Waals surface area contributed by atoms with E-state index in [4.69, 9.17) is 0 Å². The van der Waals surface area contributed by atoms with Gasteiger partial charge in [0.25, 0.3) is 0 Å². The van der Waals surface area contributed by atoms with Crippen LogP contribution in [0, 0.1) is 29.5 Å². The van der Waals surface area contributed by atoms with Gasteiger partial charge in [-0.25, -0.2) is 4.39 Å². The highest BCUT2D eigenvalue weighted by molar-refractivity contribution is 5.86. The predicted molar refractivity (Wildman–Crippen MR) is 148 cm³/mol. The van der Waals surface area contributed by atoms with Gasteiger partial charge < -0.3 is 4.74 Å². The standard InChI is InChI=1S/C34H28F4O/c1-2-3-4-5-6-7-25-8-10-26(11-9-25)12-13-28-17-23-32-30(24-28)20-19-29(33(32)35)18-14-27-15-21-31(22-16-27)39-34(36,37)38/h8-11,15-17,19-24H,2-7H2,1H3. The van der Waals surface area contributed by atoms with Gasteiger partial charge in [0, 0.05) is 22.1 Å². The Morgan fingerprint density at radius 1 is 0.667 bits per heavy atom. The number of aryl methyl sites for hydroxylation is 1. The van der Waals surface area contributed by atoms with Gasteiger partial charge in [0.1, 0.15) is 11.6 Å². The highest BCUT2D eigenvalue weighted by Gasteiger charge is 2.30. The molecule has 0 saturated heterocycles. The molecule has 5 heteroatoms. The van der Waals surface area contributed by atoms with Crippen molar-refractivity contribution in [2.75, 3.05) is 0 Å². The number of ether oxygens (including phenoxy) is 1. The number of benzene rings is 4. The van der Waals surface area contributed by atoms with Gasteiger partial charge in [0.05, 0.1) is 5.56 Å². The molecular weight excluding hydrogens is 500 g/mol. The van der Waals surface area contributed by atoms with Gasteiger partial charge in [0.2, 0.25) is 0 Å². The maximum Gasteiger partial charge on any atom is 0.573 e. The molecule has 0 heterocycles. The molecule has 0 atom stereocenters. The monoisotopic (exact) mass is 528 g/mol. The summed E-state index contributed by atoms with van der Waals surface area (Å²) in [4.78, 5) is 0. The lowest BCUT2D eigenvalue weighted by molar-refractivity contribution is -0.274. The fraction of sp³-hybridized carbons (Fsp3) is 0.235. The Hall–Kier alpha value is -4.22. The lowest BCUT2D eigenvalue weighted by atomic mass is 10.0. The van der Waals surface area contributed by atoms with Crippen LogP contribution >= 0.6 is 0 Å². The van der Waals surface area contributed by atoms with Gasteiger partial charge in [0.15, 0.2) is 0 Å². The van der Waals surface area contributed by atoms with Crippen LogP contribution in [0.15, 0.2) is 78.9 Å². The van der Waals surface area contributed by atoms with E-state index < -0.39 is 12.2 Å². The van der Waals surface area contributed by atoms with Gasteiger partial charge >= 0.3 is 6.36 Å². The van der Waals surface area contributed by atoms with E-state index in [9.17, 15) is 13.2 Å². The van der Waals surface area contributed by atoms with E-state index in [1.54, 1.807) is 24.3 Å². The Morgan fingerprint density at radius 2 is 1.28 bits per heavy atom. The summed E-state index contributed by atoms with van der Waals surface area (Å²) in [7, 11) is 0. The van der Waals surface area contributed by atoms with Crippen LogP contribution in [0.3, 0.4) is 0 Å². The average Bonchev–Trinajstić information content (AvgIpc) is 2.92. The summed E-state index contributed by atoms with van der Waals surface area (Å²) in [5.74, 6) is 11.1. The van der Waals surface area contributed by atoms with Gasteiger partial charge in [-0.15, -0.1) is 13.2 Å². The summed E-state index contributed by atoms with van der Waals surface area (Å²) < 4.78 is 55.9. The fourth-order valence-electron chi connectivity index (χ4n) is 4.18. The first kappa shape index (κ1) is 27.8. The van der Waals surface area contributed by atoms with Crippen LogP contribution in [0.4, 0.5) is 17.6 Å². The number of alkyl halides is 3. The van der Waals surface area contributed by atoms with Gasteiger partial charge in [-0.3, -0.25) is 0 Å². The van der Waals surface area contributed by atoms with Crippen molar-refractivity contribution in [2.24, 2.45) is 0 Å². The Bertz CT molecular complexity index is 1530. The first-order valence-electron chi connectivity index (χ1n) is 13.0. The Kier molecular flexibility index (Phi) is 9.29. The lowest BCUT2D eigenvalue weighted by Gasteiger charge is -2.08. The van der Waals surface area contributed by atoms with E-state index in [1.807, 2.05) is 18.2 Å². The average molecular weight is 529 g/mol. The first-order chi connectivity index (χ1) is 18.8. The maximum absolute atomic E-state index is 15.1. The van der Waals surface area contributed by atoms with E-state index in [-0.39, 0.29) is 11.3 Å². The molecule has 4 aromatic carbocycles. The third-order valence-electron chi connectivity index (χ3n) is 6.26. The van der Waals surface area contributed by atoms with Crippen molar-refractivity contribution in [3.05, 3.63) is 112 Å². The maximum atomic E-state index is 15.1. The molecule has 4 rings (SSSR count). The van der Waals surface area contributed by atoms with Crippen LogP contribution in [-0.2, 0) is 6.42 Å².